The van der Waals surface area contributed by atoms with E-state index in [2.05, 4.69) is 67.3 Å². The number of nitrogens with one attached hydrogen (secondary N) is 2. The number of methoxy groups -OCH3 is 2. The lowest BCUT2D eigenvalue weighted by molar-refractivity contribution is 0.265. The van der Waals surface area contributed by atoms with Crippen LogP contribution in [0.25, 0.3) is 0 Å². The van der Waals surface area contributed by atoms with Gasteiger partial charge >= 0.3 is 0 Å². The third kappa shape index (κ3) is 6.64. The molecule has 0 radical (unpaired) electrons. The third-order valence-corrected chi connectivity index (χ3v) is 5.78. The van der Waals surface area contributed by atoms with E-state index >= 15 is 0 Å². The van der Waals surface area contributed by atoms with Crippen LogP contribution in [0.5, 0.6) is 11.5 Å². The normalized spacial score (nSPS) is 20.4. The molecule has 7 heteroatoms. The van der Waals surface area contributed by atoms with E-state index in [0.29, 0.717) is 18.0 Å². The van der Waals surface area contributed by atoms with Gasteiger partial charge < -0.3 is 20.1 Å². The Morgan fingerprint density at radius 2 is 1.86 bits per heavy atom. The van der Waals surface area contributed by atoms with Crippen LogP contribution in [-0.4, -0.2) is 63.8 Å². The molecule has 0 saturated carbocycles. The van der Waals surface area contributed by atoms with Crippen molar-refractivity contribution in [1.29, 1.82) is 0 Å². The van der Waals surface area contributed by atoms with E-state index in [9.17, 15) is 0 Å². The smallest absolute Gasteiger partial charge is 0.191 e. The molecule has 1 fully saturated rings. The number of aliphatic imine (C=N–C) groups is 1. The Bertz CT molecular complexity index is 679. The molecular formula is C22H39IN4O2. The number of guanidine groups is 1. The second-order valence-electron chi connectivity index (χ2n) is 8.66. The number of benzene rings is 1. The number of likely N-dealkylation sites (tertiary alicyclic amines) is 1. The minimum atomic E-state index is -0.0948. The molecular weight excluding hydrogens is 479 g/mol. The van der Waals surface area contributed by atoms with Crippen LogP contribution in [0, 0.1) is 5.92 Å². The van der Waals surface area contributed by atoms with Crippen molar-refractivity contribution in [2.24, 2.45) is 10.9 Å². The van der Waals surface area contributed by atoms with Crippen molar-refractivity contribution in [1.82, 2.24) is 15.5 Å². The molecule has 29 heavy (non-hydrogen) atoms. The lowest BCUT2D eigenvalue weighted by atomic mass is 9.84. The molecule has 0 aromatic heterocycles. The molecule has 1 aromatic rings. The minimum absolute atomic E-state index is 0. The first kappa shape index (κ1) is 25.8. The van der Waals surface area contributed by atoms with Crippen molar-refractivity contribution in [2.75, 3.05) is 40.9 Å². The summed E-state index contributed by atoms with van der Waals surface area (Å²) in [6, 6.07) is 7.10. The highest BCUT2D eigenvalue weighted by Crippen LogP contribution is 2.32. The molecule has 0 spiro atoms. The molecule has 2 rings (SSSR count). The van der Waals surface area contributed by atoms with Crippen LogP contribution in [-0.2, 0) is 5.41 Å². The van der Waals surface area contributed by atoms with Gasteiger partial charge in [-0.3, -0.25) is 9.89 Å². The standard InChI is InChI=1S/C22H38N4O2.HI/c1-15(2)26-12-16(3)18(13-26)25-21(23-6)24-14-22(4,5)17-9-10-19(27-7)20(11-17)28-8;/h9-11,15-16,18H,12-14H2,1-8H3,(H2,23,24,25);1H. The second-order valence-corrected chi connectivity index (χ2v) is 8.66. The lowest BCUT2D eigenvalue weighted by Gasteiger charge is -2.28. The summed E-state index contributed by atoms with van der Waals surface area (Å²) in [5.41, 5.74) is 1.09. The largest absolute Gasteiger partial charge is 0.493 e. The first-order valence-corrected chi connectivity index (χ1v) is 10.2. The van der Waals surface area contributed by atoms with Crippen LogP contribution < -0.4 is 20.1 Å². The highest BCUT2D eigenvalue weighted by atomic mass is 127. The summed E-state index contributed by atoms with van der Waals surface area (Å²) in [7, 11) is 5.16. The summed E-state index contributed by atoms with van der Waals surface area (Å²) in [4.78, 5) is 6.96. The highest BCUT2D eigenvalue weighted by molar-refractivity contribution is 14.0. The number of halogens is 1. The average Bonchev–Trinajstić information content (AvgIpc) is 3.05. The number of hydrogen-bond donors (Lipinski definition) is 2. The summed E-state index contributed by atoms with van der Waals surface area (Å²) >= 11 is 0. The maximum atomic E-state index is 5.46. The summed E-state index contributed by atoms with van der Waals surface area (Å²) in [5.74, 6) is 2.96. The molecule has 0 aliphatic carbocycles. The van der Waals surface area contributed by atoms with Crippen LogP contribution >= 0.6 is 24.0 Å². The van der Waals surface area contributed by atoms with Crippen LogP contribution in [0.15, 0.2) is 23.2 Å². The SMILES string of the molecule is CN=C(NCC(C)(C)c1ccc(OC)c(OC)c1)NC1CN(C(C)C)CC1C.I. The van der Waals surface area contributed by atoms with Gasteiger partial charge in [0, 0.05) is 44.2 Å². The monoisotopic (exact) mass is 518 g/mol. The van der Waals surface area contributed by atoms with Gasteiger partial charge in [-0.2, -0.15) is 0 Å². The van der Waals surface area contributed by atoms with E-state index in [1.54, 1.807) is 14.2 Å². The van der Waals surface area contributed by atoms with E-state index in [1.807, 2.05) is 13.1 Å². The fourth-order valence-corrected chi connectivity index (χ4v) is 3.65. The Morgan fingerprint density at radius 1 is 1.21 bits per heavy atom. The van der Waals surface area contributed by atoms with Gasteiger partial charge in [0.2, 0.25) is 0 Å². The topological polar surface area (TPSA) is 58.1 Å². The fourth-order valence-electron chi connectivity index (χ4n) is 3.65. The Balaban J connectivity index is 0.00000420. The summed E-state index contributed by atoms with van der Waals surface area (Å²) in [6.45, 7) is 14.2. The zero-order valence-corrected chi connectivity index (χ0v) is 21.5. The molecule has 1 saturated heterocycles. The number of nitrogens with zero attached hydrogens (tertiary/aromatic N) is 2. The Kier molecular flexibility index (Phi) is 10.0. The van der Waals surface area contributed by atoms with Gasteiger partial charge in [0.1, 0.15) is 0 Å². The van der Waals surface area contributed by atoms with Crippen LogP contribution in [0.3, 0.4) is 0 Å². The predicted octanol–water partition coefficient (Wildman–Crippen LogP) is 3.49. The molecule has 0 amide bonds. The first-order valence-electron chi connectivity index (χ1n) is 10.2. The summed E-state index contributed by atoms with van der Waals surface area (Å²) < 4.78 is 10.8. The van der Waals surface area contributed by atoms with E-state index in [0.717, 1.165) is 37.1 Å². The fraction of sp³-hybridized carbons (Fsp3) is 0.682. The second kappa shape index (κ2) is 11.2. The van der Waals surface area contributed by atoms with Crippen LogP contribution in [0.4, 0.5) is 0 Å². The Labute approximate surface area is 193 Å². The van der Waals surface area contributed by atoms with E-state index in [4.69, 9.17) is 9.47 Å². The molecule has 2 N–H and O–H groups in total. The molecule has 0 bridgehead atoms. The summed E-state index contributed by atoms with van der Waals surface area (Å²) in [6.07, 6.45) is 0. The van der Waals surface area contributed by atoms with Crippen molar-refractivity contribution in [2.45, 2.75) is 52.1 Å². The maximum Gasteiger partial charge on any atom is 0.191 e. The molecule has 2 atom stereocenters. The molecule has 1 heterocycles. The van der Waals surface area contributed by atoms with Crippen molar-refractivity contribution in [3.05, 3.63) is 23.8 Å². The minimum Gasteiger partial charge on any atom is -0.493 e. The molecule has 1 aliphatic heterocycles. The highest BCUT2D eigenvalue weighted by Gasteiger charge is 2.31. The number of rotatable bonds is 7. The van der Waals surface area contributed by atoms with Crippen molar-refractivity contribution in [3.8, 4) is 11.5 Å². The zero-order chi connectivity index (χ0) is 20.9. The van der Waals surface area contributed by atoms with Crippen molar-refractivity contribution < 1.29 is 9.47 Å². The Morgan fingerprint density at radius 3 is 2.38 bits per heavy atom. The van der Waals surface area contributed by atoms with Crippen LogP contribution in [0.2, 0.25) is 0 Å². The molecule has 2 unspecified atom stereocenters. The van der Waals surface area contributed by atoms with Gasteiger partial charge in [0.15, 0.2) is 17.5 Å². The first-order chi connectivity index (χ1) is 13.2. The quantitative estimate of drug-likeness (QED) is 0.329. The van der Waals surface area contributed by atoms with Gasteiger partial charge in [-0.25, -0.2) is 0 Å². The van der Waals surface area contributed by atoms with Gasteiger partial charge in [-0.1, -0.05) is 26.8 Å². The third-order valence-electron chi connectivity index (χ3n) is 5.78. The predicted molar refractivity (Wildman–Crippen MR) is 132 cm³/mol. The maximum absolute atomic E-state index is 5.46. The molecule has 1 aliphatic rings. The average molecular weight is 518 g/mol. The molecule has 6 nitrogen and oxygen atoms in total. The molecule has 1 aromatic carbocycles. The van der Waals surface area contributed by atoms with Gasteiger partial charge in [0.25, 0.3) is 0 Å². The van der Waals surface area contributed by atoms with Crippen molar-refractivity contribution in [3.63, 3.8) is 0 Å². The zero-order valence-electron chi connectivity index (χ0n) is 19.2. The van der Waals surface area contributed by atoms with Crippen molar-refractivity contribution >= 4 is 29.9 Å². The van der Waals surface area contributed by atoms with Gasteiger partial charge in [-0.15, -0.1) is 24.0 Å². The molecule has 166 valence electrons. The van der Waals surface area contributed by atoms with E-state index < -0.39 is 0 Å². The Hall–Kier alpha value is -1.22. The lowest BCUT2D eigenvalue weighted by Crippen LogP contribution is -2.49. The van der Waals surface area contributed by atoms with E-state index in [1.165, 1.54) is 5.56 Å². The van der Waals surface area contributed by atoms with Gasteiger partial charge in [0.05, 0.1) is 14.2 Å². The van der Waals surface area contributed by atoms with Gasteiger partial charge in [-0.05, 0) is 37.5 Å². The number of ether oxygens (including phenoxy) is 2. The summed E-state index contributed by atoms with van der Waals surface area (Å²) in [5, 5.41) is 7.13. The van der Waals surface area contributed by atoms with E-state index in [-0.39, 0.29) is 29.4 Å². The van der Waals surface area contributed by atoms with Crippen LogP contribution in [0.1, 0.15) is 40.2 Å². The number of hydrogen-bond acceptors (Lipinski definition) is 4.